The summed E-state index contributed by atoms with van der Waals surface area (Å²) in [6.07, 6.45) is 1.14. The van der Waals surface area contributed by atoms with Gasteiger partial charge >= 0.3 is 12.3 Å². The molecule has 1 rings (SSSR count). The first-order chi connectivity index (χ1) is 7.15. The molecule has 0 bridgehead atoms. The number of ether oxygens (including phenoxy) is 1. The van der Waals surface area contributed by atoms with Crippen LogP contribution in [-0.4, -0.2) is 17.4 Å². The molecule has 1 atom stereocenters. The van der Waals surface area contributed by atoms with E-state index >= 15 is 0 Å². The van der Waals surface area contributed by atoms with Crippen molar-refractivity contribution in [3.63, 3.8) is 0 Å². The molecule has 1 aromatic carbocycles. The molecule has 1 N–H and O–H groups in total. The van der Waals surface area contributed by atoms with Crippen LogP contribution in [0.3, 0.4) is 0 Å². The molecule has 0 heterocycles. The average molecular weight is 210 g/mol. The van der Waals surface area contributed by atoms with Gasteiger partial charge in [-0.15, -0.1) is 0 Å². The zero-order valence-electron chi connectivity index (χ0n) is 8.18. The summed E-state index contributed by atoms with van der Waals surface area (Å²) >= 11 is 0. The van der Waals surface area contributed by atoms with Crippen molar-refractivity contribution in [2.24, 2.45) is 0 Å². The molecule has 0 aliphatic rings. The SMILES string of the molecule is CC=Cc1ccccc1OC(F)C(=O)O. The van der Waals surface area contributed by atoms with Crippen LogP contribution in [0.15, 0.2) is 30.3 Å². The van der Waals surface area contributed by atoms with Crippen LogP contribution in [0.1, 0.15) is 12.5 Å². The van der Waals surface area contributed by atoms with Gasteiger partial charge in [0.15, 0.2) is 0 Å². The quantitative estimate of drug-likeness (QED) is 0.830. The smallest absolute Gasteiger partial charge is 0.378 e. The van der Waals surface area contributed by atoms with E-state index < -0.39 is 12.3 Å². The van der Waals surface area contributed by atoms with Gasteiger partial charge in [-0.3, -0.25) is 0 Å². The fourth-order valence-corrected chi connectivity index (χ4v) is 1.07. The predicted octanol–water partition coefficient (Wildman–Crippen LogP) is 2.48. The minimum atomic E-state index is -2.34. The first-order valence-corrected chi connectivity index (χ1v) is 4.40. The summed E-state index contributed by atoms with van der Waals surface area (Å²) in [5.41, 5.74) is 0.643. The first kappa shape index (κ1) is 11.2. The van der Waals surface area contributed by atoms with Gasteiger partial charge in [-0.25, -0.2) is 4.79 Å². The minimum absolute atomic E-state index is 0.213. The van der Waals surface area contributed by atoms with Gasteiger partial charge in [0.25, 0.3) is 0 Å². The van der Waals surface area contributed by atoms with Gasteiger partial charge in [0.1, 0.15) is 5.75 Å². The van der Waals surface area contributed by atoms with Crippen LogP contribution in [0.5, 0.6) is 5.75 Å². The molecule has 1 aromatic rings. The zero-order valence-corrected chi connectivity index (χ0v) is 8.18. The molecule has 1 unspecified atom stereocenters. The van der Waals surface area contributed by atoms with Crippen molar-refractivity contribution >= 4 is 12.0 Å². The number of benzene rings is 1. The van der Waals surface area contributed by atoms with Crippen molar-refractivity contribution in [2.75, 3.05) is 0 Å². The topological polar surface area (TPSA) is 46.5 Å². The van der Waals surface area contributed by atoms with Gasteiger partial charge in [-0.1, -0.05) is 30.4 Å². The normalized spacial score (nSPS) is 12.7. The molecule has 4 heteroatoms. The van der Waals surface area contributed by atoms with Crippen molar-refractivity contribution in [1.29, 1.82) is 0 Å². The molecule has 0 amide bonds. The van der Waals surface area contributed by atoms with Crippen molar-refractivity contribution in [2.45, 2.75) is 13.3 Å². The van der Waals surface area contributed by atoms with E-state index in [1.165, 1.54) is 6.07 Å². The first-order valence-electron chi connectivity index (χ1n) is 4.40. The summed E-state index contributed by atoms with van der Waals surface area (Å²) in [5.74, 6) is -1.42. The number of hydrogen-bond acceptors (Lipinski definition) is 2. The van der Waals surface area contributed by atoms with Crippen LogP contribution >= 0.6 is 0 Å². The Kier molecular flexibility index (Phi) is 3.85. The molecule has 0 spiro atoms. The maximum absolute atomic E-state index is 12.8. The number of rotatable bonds is 4. The second kappa shape index (κ2) is 5.14. The van der Waals surface area contributed by atoms with Crippen molar-refractivity contribution < 1.29 is 19.0 Å². The molecule has 0 saturated heterocycles. The maximum Gasteiger partial charge on any atom is 0.378 e. The van der Waals surface area contributed by atoms with E-state index in [1.807, 2.05) is 0 Å². The predicted molar refractivity (Wildman–Crippen MR) is 54.3 cm³/mol. The highest BCUT2D eigenvalue weighted by Crippen LogP contribution is 2.21. The lowest BCUT2D eigenvalue weighted by Gasteiger charge is -2.09. The van der Waals surface area contributed by atoms with Gasteiger partial charge in [0.05, 0.1) is 0 Å². The number of hydrogen-bond donors (Lipinski definition) is 1. The third-order valence-corrected chi connectivity index (χ3v) is 1.69. The number of carboxylic acid groups (broad SMARTS) is 1. The van der Waals surface area contributed by atoms with Crippen LogP contribution in [-0.2, 0) is 4.79 Å². The summed E-state index contributed by atoms with van der Waals surface area (Å²) in [6, 6.07) is 6.64. The van der Waals surface area contributed by atoms with Crippen molar-refractivity contribution in [1.82, 2.24) is 0 Å². The molecule has 0 aliphatic heterocycles. The van der Waals surface area contributed by atoms with Crippen molar-refractivity contribution in [3.05, 3.63) is 35.9 Å². The molecule has 0 radical (unpaired) electrons. The molecule has 0 aliphatic carbocycles. The molecule has 0 fully saturated rings. The van der Waals surface area contributed by atoms with E-state index in [0.29, 0.717) is 5.56 Å². The van der Waals surface area contributed by atoms with Crippen LogP contribution < -0.4 is 4.74 Å². The number of halogens is 1. The van der Waals surface area contributed by atoms with Crippen LogP contribution in [0.25, 0.3) is 6.08 Å². The van der Waals surface area contributed by atoms with E-state index in [9.17, 15) is 9.18 Å². The average Bonchev–Trinajstić information content (AvgIpc) is 2.21. The molecular weight excluding hydrogens is 199 g/mol. The minimum Gasteiger partial charge on any atom is -0.476 e. The Balaban J connectivity index is 2.88. The lowest BCUT2D eigenvalue weighted by molar-refractivity contribution is -0.153. The summed E-state index contributed by atoms with van der Waals surface area (Å²) in [4.78, 5) is 10.3. The number of para-hydroxylation sites is 1. The number of carboxylic acids is 1. The zero-order chi connectivity index (χ0) is 11.3. The Morgan fingerprint density at radius 1 is 1.53 bits per heavy atom. The van der Waals surface area contributed by atoms with Gasteiger partial charge in [0, 0.05) is 5.56 Å². The fourth-order valence-electron chi connectivity index (χ4n) is 1.07. The Morgan fingerprint density at radius 2 is 2.20 bits per heavy atom. The Hall–Kier alpha value is -1.84. The number of alkyl halides is 1. The fraction of sp³-hybridized carbons (Fsp3) is 0.182. The van der Waals surface area contributed by atoms with Gasteiger partial charge in [0.2, 0.25) is 0 Å². The van der Waals surface area contributed by atoms with Crippen LogP contribution in [0.2, 0.25) is 0 Å². The number of carbonyl (C=O) groups is 1. The third kappa shape index (κ3) is 3.09. The van der Waals surface area contributed by atoms with E-state index in [2.05, 4.69) is 4.74 Å². The molecule has 0 aromatic heterocycles. The second-order valence-corrected chi connectivity index (χ2v) is 2.81. The second-order valence-electron chi connectivity index (χ2n) is 2.81. The van der Waals surface area contributed by atoms with Gasteiger partial charge < -0.3 is 9.84 Å². The molecular formula is C11H11FO3. The largest absolute Gasteiger partial charge is 0.476 e. The molecule has 15 heavy (non-hydrogen) atoms. The van der Waals surface area contributed by atoms with Crippen LogP contribution in [0.4, 0.5) is 4.39 Å². The lowest BCUT2D eigenvalue weighted by atomic mass is 10.2. The summed E-state index contributed by atoms with van der Waals surface area (Å²) in [6.45, 7) is 1.81. The van der Waals surface area contributed by atoms with E-state index in [1.54, 1.807) is 37.3 Å². The number of aliphatic carboxylic acids is 1. The Bertz CT molecular complexity index is 374. The highest BCUT2D eigenvalue weighted by atomic mass is 19.1. The summed E-state index contributed by atoms with van der Waals surface area (Å²) < 4.78 is 17.4. The molecule has 0 saturated carbocycles. The van der Waals surface area contributed by atoms with E-state index in [0.717, 1.165) is 0 Å². The lowest BCUT2D eigenvalue weighted by Crippen LogP contribution is -2.21. The van der Waals surface area contributed by atoms with Crippen molar-refractivity contribution in [3.8, 4) is 5.75 Å². The monoisotopic (exact) mass is 210 g/mol. The Labute approximate surface area is 86.8 Å². The standard InChI is InChI=1S/C11H11FO3/c1-2-5-8-6-3-4-7-9(8)15-10(12)11(13)14/h2-7,10H,1H3,(H,13,14). The van der Waals surface area contributed by atoms with E-state index in [4.69, 9.17) is 5.11 Å². The third-order valence-electron chi connectivity index (χ3n) is 1.69. The Morgan fingerprint density at radius 3 is 2.80 bits per heavy atom. The van der Waals surface area contributed by atoms with Gasteiger partial charge in [-0.2, -0.15) is 4.39 Å². The highest BCUT2D eigenvalue weighted by Gasteiger charge is 2.17. The highest BCUT2D eigenvalue weighted by molar-refractivity contribution is 5.71. The maximum atomic E-state index is 12.8. The summed E-state index contributed by atoms with van der Waals surface area (Å²) in [5, 5.41) is 8.35. The molecule has 3 nitrogen and oxygen atoms in total. The molecule has 80 valence electrons. The van der Waals surface area contributed by atoms with E-state index in [-0.39, 0.29) is 5.75 Å². The van der Waals surface area contributed by atoms with Crippen LogP contribution in [0, 0.1) is 0 Å². The number of allylic oxidation sites excluding steroid dienone is 1. The van der Waals surface area contributed by atoms with Gasteiger partial charge in [-0.05, 0) is 13.0 Å². The summed E-state index contributed by atoms with van der Waals surface area (Å²) in [7, 11) is 0.